The van der Waals surface area contributed by atoms with E-state index in [9.17, 15) is 18.0 Å². The lowest BCUT2D eigenvalue weighted by molar-refractivity contribution is -0.140. The van der Waals surface area contributed by atoms with E-state index in [1.807, 2.05) is 5.32 Å². The summed E-state index contributed by atoms with van der Waals surface area (Å²) in [6, 6.07) is 1.79. The molecule has 3 rings (SSSR count). The Morgan fingerprint density at radius 3 is 2.72 bits per heavy atom. The first-order valence-corrected chi connectivity index (χ1v) is 9.20. The molecule has 7 nitrogen and oxygen atoms in total. The molecule has 0 radical (unpaired) electrons. The summed E-state index contributed by atoms with van der Waals surface area (Å²) in [6.45, 7) is 3.84. The molecule has 0 saturated heterocycles. The Hall–Kier alpha value is -2.62. The molecule has 1 aliphatic rings. The van der Waals surface area contributed by atoms with E-state index in [4.69, 9.17) is 11.6 Å². The number of aryl methyl sites for hydroxylation is 1. The number of anilines is 2. The van der Waals surface area contributed by atoms with E-state index >= 15 is 0 Å². The van der Waals surface area contributed by atoms with Crippen molar-refractivity contribution in [3.05, 3.63) is 40.4 Å². The van der Waals surface area contributed by atoms with Crippen molar-refractivity contribution in [3.8, 4) is 0 Å². The van der Waals surface area contributed by atoms with E-state index in [0.717, 1.165) is 5.56 Å². The molecule has 0 spiro atoms. The number of carbonyl (C=O) groups excluding carboxylic acids is 1. The van der Waals surface area contributed by atoms with E-state index in [2.05, 4.69) is 25.6 Å². The first kappa shape index (κ1) is 21.1. The highest BCUT2D eigenvalue weighted by Gasteiger charge is 2.34. The molecule has 156 valence electrons. The molecule has 0 aliphatic carbocycles. The van der Waals surface area contributed by atoms with E-state index in [1.54, 1.807) is 25.4 Å². The maximum Gasteiger partial charge on any atom is 0.405 e. The molecule has 2 aromatic heterocycles. The summed E-state index contributed by atoms with van der Waals surface area (Å²) in [4.78, 5) is 25.4. The molecule has 1 aliphatic heterocycles. The normalized spacial score (nSPS) is 16.2. The second kappa shape index (κ2) is 7.66. The van der Waals surface area contributed by atoms with Gasteiger partial charge in [0.2, 0.25) is 5.91 Å². The van der Waals surface area contributed by atoms with Crippen molar-refractivity contribution >= 4 is 29.1 Å². The number of nitrogens with one attached hydrogen (secondary N) is 3. The highest BCUT2D eigenvalue weighted by Crippen LogP contribution is 2.35. The number of hydrogen-bond donors (Lipinski definition) is 3. The van der Waals surface area contributed by atoms with Gasteiger partial charge in [-0.2, -0.15) is 13.2 Å². The van der Waals surface area contributed by atoms with Gasteiger partial charge in [-0.25, -0.2) is 15.0 Å². The minimum Gasteiger partial charge on any atom is -0.369 e. The van der Waals surface area contributed by atoms with Gasteiger partial charge in [0.25, 0.3) is 0 Å². The molecule has 2 aromatic rings. The molecule has 11 heteroatoms. The quantitative estimate of drug-likeness (QED) is 0.677. The summed E-state index contributed by atoms with van der Waals surface area (Å²) >= 11 is 6.05. The Balaban J connectivity index is 1.82. The number of alkyl halides is 3. The van der Waals surface area contributed by atoms with Crippen LogP contribution < -0.4 is 16.0 Å². The summed E-state index contributed by atoms with van der Waals surface area (Å²) in [5, 5.41) is 8.48. The molecule has 1 unspecified atom stereocenters. The zero-order valence-electron chi connectivity index (χ0n) is 16.0. The molecule has 29 heavy (non-hydrogen) atoms. The molecule has 0 aromatic carbocycles. The topological polar surface area (TPSA) is 91.8 Å². The van der Waals surface area contributed by atoms with Crippen LogP contribution in [-0.4, -0.2) is 45.7 Å². The fourth-order valence-corrected chi connectivity index (χ4v) is 3.08. The second-order valence-corrected chi connectivity index (χ2v) is 7.77. The minimum absolute atomic E-state index is 0.195. The van der Waals surface area contributed by atoms with E-state index in [0.29, 0.717) is 34.6 Å². The average molecular weight is 429 g/mol. The minimum atomic E-state index is -4.48. The van der Waals surface area contributed by atoms with Crippen LogP contribution in [0.15, 0.2) is 18.5 Å². The van der Waals surface area contributed by atoms with E-state index < -0.39 is 24.2 Å². The SMILES string of the molecule is Cc1cnc(C2CNc3ncc(Cl)cc32)nc1NC(C)(C)C(=O)NCC(F)(F)F. The number of hydrogen-bond acceptors (Lipinski definition) is 6. The third kappa shape index (κ3) is 4.87. The van der Waals surface area contributed by atoms with Crippen molar-refractivity contribution in [2.45, 2.75) is 38.4 Å². The summed E-state index contributed by atoms with van der Waals surface area (Å²) < 4.78 is 37.2. The molecular weight excluding hydrogens is 409 g/mol. The lowest BCUT2D eigenvalue weighted by atomic mass is 10.0. The van der Waals surface area contributed by atoms with Crippen LogP contribution in [0.5, 0.6) is 0 Å². The van der Waals surface area contributed by atoms with Crippen LogP contribution in [0.1, 0.15) is 36.7 Å². The van der Waals surface area contributed by atoms with Gasteiger partial charge < -0.3 is 16.0 Å². The maximum absolute atomic E-state index is 12.4. The van der Waals surface area contributed by atoms with Crippen molar-refractivity contribution in [1.29, 1.82) is 0 Å². The summed E-state index contributed by atoms with van der Waals surface area (Å²) in [5.74, 6) is 0.563. The van der Waals surface area contributed by atoms with Crippen molar-refractivity contribution in [2.24, 2.45) is 0 Å². The van der Waals surface area contributed by atoms with Crippen LogP contribution in [0, 0.1) is 6.92 Å². The zero-order chi connectivity index (χ0) is 21.4. The highest BCUT2D eigenvalue weighted by atomic mass is 35.5. The second-order valence-electron chi connectivity index (χ2n) is 7.33. The number of nitrogens with zero attached hydrogens (tertiary/aromatic N) is 3. The fourth-order valence-electron chi connectivity index (χ4n) is 2.91. The van der Waals surface area contributed by atoms with Gasteiger partial charge in [0, 0.05) is 30.1 Å². The van der Waals surface area contributed by atoms with Gasteiger partial charge in [-0.15, -0.1) is 0 Å². The Morgan fingerprint density at radius 1 is 1.31 bits per heavy atom. The van der Waals surface area contributed by atoms with Crippen LogP contribution >= 0.6 is 11.6 Å². The summed E-state index contributed by atoms with van der Waals surface area (Å²) in [5.41, 5.74) is 0.188. The molecule has 0 bridgehead atoms. The number of aromatic nitrogens is 3. The predicted octanol–water partition coefficient (Wildman–Crippen LogP) is 3.26. The van der Waals surface area contributed by atoms with Crippen molar-refractivity contribution in [2.75, 3.05) is 23.7 Å². The summed E-state index contributed by atoms with van der Waals surface area (Å²) in [6.07, 6.45) is -1.34. The van der Waals surface area contributed by atoms with Crippen LogP contribution in [0.3, 0.4) is 0 Å². The molecule has 0 fully saturated rings. The smallest absolute Gasteiger partial charge is 0.369 e. The van der Waals surface area contributed by atoms with Gasteiger partial charge in [0.15, 0.2) is 0 Å². The predicted molar refractivity (Wildman–Crippen MR) is 103 cm³/mol. The Kier molecular flexibility index (Phi) is 5.57. The maximum atomic E-state index is 12.4. The van der Waals surface area contributed by atoms with Gasteiger partial charge in [-0.1, -0.05) is 11.6 Å². The number of pyridine rings is 1. The lowest BCUT2D eigenvalue weighted by Gasteiger charge is -2.27. The van der Waals surface area contributed by atoms with Gasteiger partial charge in [-0.05, 0) is 26.8 Å². The largest absolute Gasteiger partial charge is 0.405 e. The van der Waals surface area contributed by atoms with Crippen LogP contribution in [0.2, 0.25) is 5.02 Å². The number of fused-ring (bicyclic) bond motifs is 1. The average Bonchev–Trinajstić information content (AvgIpc) is 3.03. The fraction of sp³-hybridized carbons (Fsp3) is 0.444. The van der Waals surface area contributed by atoms with Crippen LogP contribution in [-0.2, 0) is 4.79 Å². The Labute approximate surface area is 170 Å². The zero-order valence-corrected chi connectivity index (χ0v) is 16.7. The number of carbonyl (C=O) groups is 1. The Bertz CT molecular complexity index is 934. The van der Waals surface area contributed by atoms with Crippen molar-refractivity contribution in [1.82, 2.24) is 20.3 Å². The molecule has 3 N–H and O–H groups in total. The Morgan fingerprint density at radius 2 is 2.03 bits per heavy atom. The standard InChI is InChI=1S/C18H20ClF3N6O/c1-9-5-23-15(12-7-25-14-11(12)4-10(19)6-24-14)27-13(9)28-17(2,3)16(29)26-8-18(20,21)22/h4-6,12H,7-8H2,1-3H3,(H,24,25)(H,26,29)(H,23,27,28). The molecule has 1 amide bonds. The molecule has 1 atom stereocenters. The monoisotopic (exact) mass is 428 g/mol. The van der Waals surface area contributed by atoms with E-state index in [1.165, 1.54) is 13.8 Å². The first-order valence-electron chi connectivity index (χ1n) is 8.82. The van der Waals surface area contributed by atoms with Gasteiger partial charge in [0.05, 0.1) is 10.9 Å². The molecule has 3 heterocycles. The number of halogens is 4. The first-order chi connectivity index (χ1) is 13.5. The van der Waals surface area contributed by atoms with Crippen molar-refractivity contribution < 1.29 is 18.0 Å². The third-order valence-electron chi connectivity index (χ3n) is 4.48. The van der Waals surface area contributed by atoms with Crippen molar-refractivity contribution in [3.63, 3.8) is 0 Å². The van der Waals surface area contributed by atoms with Gasteiger partial charge in [-0.3, -0.25) is 4.79 Å². The van der Waals surface area contributed by atoms with Crippen LogP contribution in [0.4, 0.5) is 24.8 Å². The van der Waals surface area contributed by atoms with Gasteiger partial charge >= 0.3 is 6.18 Å². The van der Waals surface area contributed by atoms with Gasteiger partial charge in [0.1, 0.15) is 29.5 Å². The number of rotatable bonds is 5. The highest BCUT2D eigenvalue weighted by molar-refractivity contribution is 6.30. The molecular formula is C18H20ClF3N6O. The third-order valence-corrected chi connectivity index (χ3v) is 4.69. The lowest BCUT2D eigenvalue weighted by Crippen LogP contribution is -2.50. The van der Waals surface area contributed by atoms with E-state index in [-0.39, 0.29) is 5.92 Å². The van der Waals surface area contributed by atoms with Crippen LogP contribution in [0.25, 0.3) is 0 Å². The molecule has 0 saturated carbocycles. The summed E-state index contributed by atoms with van der Waals surface area (Å²) in [7, 11) is 0. The number of amides is 1.